The highest BCUT2D eigenvalue weighted by molar-refractivity contribution is 5.81. The van der Waals surface area contributed by atoms with Crippen LogP contribution >= 0.6 is 0 Å². The van der Waals surface area contributed by atoms with Gasteiger partial charge in [-0.05, 0) is 32.0 Å². The van der Waals surface area contributed by atoms with Crippen LogP contribution in [0.15, 0.2) is 24.3 Å². The topological polar surface area (TPSA) is 47.1 Å². The van der Waals surface area contributed by atoms with Crippen molar-refractivity contribution in [2.75, 3.05) is 20.1 Å². The Balaban J connectivity index is 2.21. The van der Waals surface area contributed by atoms with E-state index in [0.717, 1.165) is 25.3 Å². The van der Waals surface area contributed by atoms with Crippen molar-refractivity contribution in [3.8, 4) is 0 Å². The molecule has 0 saturated heterocycles. The molecule has 4 nitrogen and oxygen atoms in total. The quantitative estimate of drug-likeness (QED) is 0.880. The van der Waals surface area contributed by atoms with Gasteiger partial charge in [0.15, 0.2) is 0 Å². The minimum absolute atomic E-state index is 0.137. The minimum Gasteiger partial charge on any atom is -0.330 e. The highest BCUT2D eigenvalue weighted by Gasteiger charge is 2.19. The molecular formula is C16H26N4. The van der Waals surface area contributed by atoms with E-state index in [4.69, 9.17) is 10.8 Å². The molecule has 1 aromatic carbocycles. The Kier molecular flexibility index (Phi) is 4.45. The maximum Gasteiger partial charge on any atom is 0.0843 e. The van der Waals surface area contributed by atoms with Crippen LogP contribution in [0.5, 0.6) is 0 Å². The van der Waals surface area contributed by atoms with Crippen LogP contribution in [-0.4, -0.2) is 34.8 Å². The van der Waals surface area contributed by atoms with Crippen molar-refractivity contribution < 1.29 is 0 Å². The molecule has 0 aliphatic heterocycles. The van der Waals surface area contributed by atoms with Crippen molar-refractivity contribution in [2.24, 2.45) is 11.1 Å². The molecular weight excluding hydrogens is 248 g/mol. The Morgan fingerprint density at radius 1 is 1.30 bits per heavy atom. The zero-order valence-electron chi connectivity index (χ0n) is 13.1. The van der Waals surface area contributed by atoms with Crippen LogP contribution in [0.2, 0.25) is 0 Å². The highest BCUT2D eigenvalue weighted by Crippen LogP contribution is 2.21. The number of hydrogen-bond acceptors (Lipinski definition) is 3. The Bertz CT molecular complexity index is 571. The summed E-state index contributed by atoms with van der Waals surface area (Å²) in [6.07, 6.45) is 0. The van der Waals surface area contributed by atoms with Gasteiger partial charge in [-0.3, -0.25) is 9.58 Å². The third kappa shape index (κ3) is 3.19. The first-order valence-electron chi connectivity index (χ1n) is 7.30. The summed E-state index contributed by atoms with van der Waals surface area (Å²) in [4.78, 5) is 2.31. The number of aromatic nitrogens is 2. The maximum absolute atomic E-state index is 5.82. The van der Waals surface area contributed by atoms with Crippen LogP contribution in [0, 0.1) is 5.41 Å². The first-order valence-corrected chi connectivity index (χ1v) is 7.30. The molecule has 2 aromatic rings. The van der Waals surface area contributed by atoms with Gasteiger partial charge in [0, 0.05) is 25.0 Å². The fraction of sp³-hybridized carbons (Fsp3) is 0.562. The molecule has 0 amide bonds. The van der Waals surface area contributed by atoms with E-state index in [2.05, 4.69) is 61.7 Å². The minimum atomic E-state index is 0.137. The van der Waals surface area contributed by atoms with Gasteiger partial charge in [0.2, 0.25) is 0 Å². The molecule has 2 N–H and O–H groups in total. The molecule has 0 radical (unpaired) electrons. The monoisotopic (exact) mass is 274 g/mol. The van der Waals surface area contributed by atoms with Gasteiger partial charge in [0.25, 0.3) is 0 Å². The van der Waals surface area contributed by atoms with Crippen molar-refractivity contribution >= 4 is 10.9 Å². The second-order valence-corrected chi connectivity index (χ2v) is 6.32. The lowest BCUT2D eigenvalue weighted by atomic mass is 9.93. The second-order valence-electron chi connectivity index (χ2n) is 6.32. The first-order chi connectivity index (χ1) is 9.46. The molecule has 1 heterocycles. The summed E-state index contributed by atoms with van der Waals surface area (Å²) in [6.45, 7) is 9.96. The Morgan fingerprint density at radius 3 is 2.65 bits per heavy atom. The predicted octanol–water partition coefficient (Wildman–Crippen LogP) is 2.47. The standard InChI is InChI=1S/C16H26N4/c1-5-20-15-9-7-6-8-13(15)14(18-20)10-19(4)12-16(2,3)11-17/h6-9H,5,10-12,17H2,1-4H3. The molecule has 0 atom stereocenters. The number of aryl methyl sites for hydroxylation is 1. The van der Waals surface area contributed by atoms with Crippen LogP contribution < -0.4 is 5.73 Å². The van der Waals surface area contributed by atoms with Crippen LogP contribution in [0.4, 0.5) is 0 Å². The Labute approximate surface area is 121 Å². The summed E-state index contributed by atoms with van der Waals surface area (Å²) in [5.74, 6) is 0. The number of rotatable bonds is 6. The van der Waals surface area contributed by atoms with Crippen molar-refractivity contribution in [3.63, 3.8) is 0 Å². The van der Waals surface area contributed by atoms with Crippen LogP contribution in [0.1, 0.15) is 26.5 Å². The number of nitrogens with two attached hydrogens (primary N) is 1. The van der Waals surface area contributed by atoms with Gasteiger partial charge in [-0.2, -0.15) is 5.10 Å². The average Bonchev–Trinajstić information content (AvgIpc) is 2.76. The zero-order valence-corrected chi connectivity index (χ0v) is 13.1. The summed E-state index contributed by atoms with van der Waals surface area (Å²) in [6, 6.07) is 8.45. The molecule has 0 bridgehead atoms. The molecule has 0 fully saturated rings. The molecule has 4 heteroatoms. The molecule has 0 aliphatic carbocycles. The fourth-order valence-electron chi connectivity index (χ4n) is 2.66. The van der Waals surface area contributed by atoms with Gasteiger partial charge in [-0.15, -0.1) is 0 Å². The summed E-state index contributed by atoms with van der Waals surface area (Å²) >= 11 is 0. The van der Waals surface area contributed by atoms with E-state index >= 15 is 0 Å². The van der Waals surface area contributed by atoms with E-state index in [0.29, 0.717) is 6.54 Å². The molecule has 0 unspecified atom stereocenters. The lowest BCUT2D eigenvalue weighted by Crippen LogP contribution is -2.36. The number of para-hydroxylation sites is 1. The third-order valence-electron chi connectivity index (χ3n) is 3.70. The zero-order chi connectivity index (χ0) is 14.8. The third-order valence-corrected chi connectivity index (χ3v) is 3.70. The van der Waals surface area contributed by atoms with E-state index in [1.165, 1.54) is 10.9 Å². The number of hydrogen-bond donors (Lipinski definition) is 1. The molecule has 0 saturated carbocycles. The summed E-state index contributed by atoms with van der Waals surface area (Å²) in [5.41, 5.74) is 8.32. The van der Waals surface area contributed by atoms with E-state index < -0.39 is 0 Å². The van der Waals surface area contributed by atoms with Crippen molar-refractivity contribution in [1.82, 2.24) is 14.7 Å². The second kappa shape index (κ2) is 5.94. The van der Waals surface area contributed by atoms with Crippen molar-refractivity contribution in [3.05, 3.63) is 30.0 Å². The Morgan fingerprint density at radius 2 is 2.00 bits per heavy atom. The smallest absolute Gasteiger partial charge is 0.0843 e. The average molecular weight is 274 g/mol. The van der Waals surface area contributed by atoms with Crippen molar-refractivity contribution in [1.29, 1.82) is 0 Å². The van der Waals surface area contributed by atoms with E-state index in [-0.39, 0.29) is 5.41 Å². The highest BCUT2D eigenvalue weighted by atomic mass is 15.3. The van der Waals surface area contributed by atoms with E-state index in [1.807, 2.05) is 0 Å². The molecule has 2 rings (SSSR count). The number of fused-ring (bicyclic) bond motifs is 1. The van der Waals surface area contributed by atoms with Gasteiger partial charge in [-0.25, -0.2) is 0 Å². The summed E-state index contributed by atoms with van der Waals surface area (Å²) in [7, 11) is 2.14. The first kappa shape index (κ1) is 15.0. The fourth-order valence-corrected chi connectivity index (χ4v) is 2.66. The van der Waals surface area contributed by atoms with E-state index in [9.17, 15) is 0 Å². The predicted molar refractivity (Wildman–Crippen MR) is 84.6 cm³/mol. The molecule has 1 aromatic heterocycles. The van der Waals surface area contributed by atoms with Crippen LogP contribution in [-0.2, 0) is 13.1 Å². The van der Waals surface area contributed by atoms with Gasteiger partial charge in [0.1, 0.15) is 0 Å². The van der Waals surface area contributed by atoms with Crippen LogP contribution in [0.25, 0.3) is 10.9 Å². The van der Waals surface area contributed by atoms with Crippen LogP contribution in [0.3, 0.4) is 0 Å². The van der Waals surface area contributed by atoms with Gasteiger partial charge in [-0.1, -0.05) is 32.0 Å². The molecule has 0 spiro atoms. The van der Waals surface area contributed by atoms with Gasteiger partial charge >= 0.3 is 0 Å². The summed E-state index contributed by atoms with van der Waals surface area (Å²) in [5, 5.41) is 6.00. The largest absolute Gasteiger partial charge is 0.330 e. The lowest BCUT2D eigenvalue weighted by molar-refractivity contribution is 0.208. The molecule has 0 aliphatic rings. The SMILES string of the molecule is CCn1nc(CN(C)CC(C)(C)CN)c2ccccc21. The number of nitrogens with zero attached hydrogens (tertiary/aromatic N) is 3. The normalized spacial score (nSPS) is 12.5. The molecule has 20 heavy (non-hydrogen) atoms. The number of benzene rings is 1. The van der Waals surface area contributed by atoms with Gasteiger partial charge in [0.05, 0.1) is 11.2 Å². The van der Waals surface area contributed by atoms with E-state index in [1.54, 1.807) is 0 Å². The maximum atomic E-state index is 5.82. The van der Waals surface area contributed by atoms with Gasteiger partial charge < -0.3 is 5.73 Å². The lowest BCUT2D eigenvalue weighted by Gasteiger charge is -2.28. The van der Waals surface area contributed by atoms with Crippen molar-refractivity contribution in [2.45, 2.75) is 33.9 Å². The molecule has 110 valence electrons. The Hall–Kier alpha value is -1.39. The summed E-state index contributed by atoms with van der Waals surface area (Å²) < 4.78 is 2.08.